The van der Waals surface area contributed by atoms with E-state index < -0.39 is 12.0 Å². The normalized spacial score (nSPS) is 12.3. The van der Waals surface area contributed by atoms with Gasteiger partial charge in [0.15, 0.2) is 0 Å². The molecule has 6 nitrogen and oxygen atoms in total. The van der Waals surface area contributed by atoms with Crippen LogP contribution in [0.4, 0.5) is 0 Å². The van der Waals surface area contributed by atoms with Gasteiger partial charge in [-0.3, -0.25) is 10.1 Å². The number of carbonyl (C=O) groups is 2. The van der Waals surface area contributed by atoms with E-state index in [1.807, 2.05) is 13.8 Å². The van der Waals surface area contributed by atoms with Crippen molar-refractivity contribution in [2.45, 2.75) is 26.4 Å². The van der Waals surface area contributed by atoms with E-state index in [9.17, 15) is 9.59 Å². The number of methoxy groups -OCH3 is 2. The number of hydrogen-bond acceptors (Lipinski definition) is 6. The average Bonchev–Trinajstić information content (AvgIpc) is 2.86. The SMILES string of the molecule is COC(=O)c1coc(CNC(C(=O)OC)C(C)C)c1. The molecule has 1 heterocycles. The van der Waals surface area contributed by atoms with Crippen LogP contribution in [0.1, 0.15) is 30.0 Å². The van der Waals surface area contributed by atoms with Crippen LogP contribution >= 0.6 is 0 Å². The molecule has 1 aromatic heterocycles. The highest BCUT2D eigenvalue weighted by molar-refractivity contribution is 5.88. The van der Waals surface area contributed by atoms with Crippen LogP contribution in [0.2, 0.25) is 0 Å². The molecule has 0 amide bonds. The fourth-order valence-corrected chi connectivity index (χ4v) is 1.63. The van der Waals surface area contributed by atoms with E-state index in [4.69, 9.17) is 9.15 Å². The van der Waals surface area contributed by atoms with Gasteiger partial charge in [-0.2, -0.15) is 0 Å². The Balaban J connectivity index is 2.62. The van der Waals surface area contributed by atoms with Crippen molar-refractivity contribution < 1.29 is 23.5 Å². The molecule has 106 valence electrons. The topological polar surface area (TPSA) is 77.8 Å². The number of rotatable bonds is 6. The Morgan fingerprint density at radius 2 is 2.00 bits per heavy atom. The van der Waals surface area contributed by atoms with Crippen LogP contribution in [-0.4, -0.2) is 32.2 Å². The summed E-state index contributed by atoms with van der Waals surface area (Å²) >= 11 is 0. The fraction of sp³-hybridized carbons (Fsp3) is 0.538. The summed E-state index contributed by atoms with van der Waals surface area (Å²) in [6.45, 7) is 4.15. The Labute approximate surface area is 112 Å². The van der Waals surface area contributed by atoms with E-state index in [0.29, 0.717) is 17.9 Å². The summed E-state index contributed by atoms with van der Waals surface area (Å²) < 4.78 is 14.5. The molecule has 19 heavy (non-hydrogen) atoms. The molecule has 0 saturated carbocycles. The second kappa shape index (κ2) is 6.94. The molecule has 1 rings (SSSR count). The van der Waals surface area contributed by atoms with E-state index in [1.54, 1.807) is 6.07 Å². The third kappa shape index (κ3) is 4.10. The van der Waals surface area contributed by atoms with Crippen LogP contribution in [0, 0.1) is 5.92 Å². The van der Waals surface area contributed by atoms with Gasteiger partial charge in [-0.1, -0.05) is 13.8 Å². The lowest BCUT2D eigenvalue weighted by atomic mass is 10.0. The van der Waals surface area contributed by atoms with Gasteiger partial charge < -0.3 is 13.9 Å². The summed E-state index contributed by atoms with van der Waals surface area (Å²) in [4.78, 5) is 22.8. The van der Waals surface area contributed by atoms with Crippen LogP contribution in [0.25, 0.3) is 0 Å². The predicted molar refractivity (Wildman–Crippen MR) is 67.5 cm³/mol. The first kappa shape index (κ1) is 15.2. The van der Waals surface area contributed by atoms with Crippen molar-refractivity contribution >= 4 is 11.9 Å². The van der Waals surface area contributed by atoms with Crippen molar-refractivity contribution in [1.82, 2.24) is 5.32 Å². The lowest BCUT2D eigenvalue weighted by Gasteiger charge is -2.18. The van der Waals surface area contributed by atoms with Crippen molar-refractivity contribution in [3.8, 4) is 0 Å². The maximum Gasteiger partial charge on any atom is 0.341 e. The maximum atomic E-state index is 11.5. The van der Waals surface area contributed by atoms with E-state index >= 15 is 0 Å². The van der Waals surface area contributed by atoms with Crippen molar-refractivity contribution in [3.05, 3.63) is 23.7 Å². The molecule has 0 aromatic carbocycles. The molecular weight excluding hydrogens is 250 g/mol. The molecular formula is C13H19NO5. The summed E-state index contributed by atoms with van der Waals surface area (Å²) in [5.41, 5.74) is 0.346. The lowest BCUT2D eigenvalue weighted by molar-refractivity contribution is -0.144. The van der Waals surface area contributed by atoms with Gasteiger partial charge in [0.2, 0.25) is 0 Å². The first-order valence-electron chi connectivity index (χ1n) is 5.96. The summed E-state index contributed by atoms with van der Waals surface area (Å²) in [6.07, 6.45) is 1.32. The molecule has 0 aliphatic heterocycles. The summed E-state index contributed by atoms with van der Waals surface area (Å²) in [5, 5.41) is 3.04. The highest BCUT2D eigenvalue weighted by Gasteiger charge is 2.22. The highest BCUT2D eigenvalue weighted by Crippen LogP contribution is 2.10. The predicted octanol–water partition coefficient (Wildman–Crippen LogP) is 1.35. The number of carbonyl (C=O) groups excluding carboxylic acids is 2. The molecule has 0 bridgehead atoms. The van der Waals surface area contributed by atoms with Crippen LogP contribution in [0.15, 0.2) is 16.7 Å². The quantitative estimate of drug-likeness (QED) is 0.785. The summed E-state index contributed by atoms with van der Waals surface area (Å²) in [6, 6.07) is 1.16. The molecule has 6 heteroatoms. The van der Waals surface area contributed by atoms with Gasteiger partial charge in [0.1, 0.15) is 18.1 Å². The van der Waals surface area contributed by atoms with E-state index in [1.165, 1.54) is 20.5 Å². The van der Waals surface area contributed by atoms with E-state index in [-0.39, 0.29) is 11.9 Å². The monoisotopic (exact) mass is 269 g/mol. The Morgan fingerprint density at radius 3 is 2.53 bits per heavy atom. The Bertz CT molecular complexity index is 438. The fourth-order valence-electron chi connectivity index (χ4n) is 1.63. The zero-order valence-corrected chi connectivity index (χ0v) is 11.6. The number of nitrogens with one attached hydrogen (secondary N) is 1. The van der Waals surface area contributed by atoms with Gasteiger partial charge in [-0.25, -0.2) is 4.79 Å². The molecule has 0 fully saturated rings. The van der Waals surface area contributed by atoms with Crippen molar-refractivity contribution in [2.75, 3.05) is 14.2 Å². The molecule has 0 spiro atoms. The van der Waals surface area contributed by atoms with Gasteiger partial charge in [0.25, 0.3) is 0 Å². The van der Waals surface area contributed by atoms with Crippen LogP contribution in [-0.2, 0) is 20.8 Å². The first-order valence-corrected chi connectivity index (χ1v) is 5.96. The lowest BCUT2D eigenvalue weighted by Crippen LogP contribution is -2.41. The average molecular weight is 269 g/mol. The Morgan fingerprint density at radius 1 is 1.32 bits per heavy atom. The summed E-state index contributed by atoms with van der Waals surface area (Å²) in [5.74, 6) is -0.143. The Hall–Kier alpha value is -1.82. The van der Waals surface area contributed by atoms with Crippen LogP contribution < -0.4 is 5.32 Å². The van der Waals surface area contributed by atoms with Crippen molar-refractivity contribution in [3.63, 3.8) is 0 Å². The minimum absolute atomic E-state index is 0.0856. The van der Waals surface area contributed by atoms with Crippen molar-refractivity contribution in [2.24, 2.45) is 5.92 Å². The molecule has 0 aliphatic rings. The van der Waals surface area contributed by atoms with Crippen LogP contribution in [0.3, 0.4) is 0 Å². The number of hydrogen-bond donors (Lipinski definition) is 1. The van der Waals surface area contributed by atoms with E-state index in [2.05, 4.69) is 10.1 Å². The summed E-state index contributed by atoms with van der Waals surface area (Å²) in [7, 11) is 2.65. The van der Waals surface area contributed by atoms with Crippen molar-refractivity contribution in [1.29, 1.82) is 0 Å². The molecule has 1 atom stereocenters. The largest absolute Gasteiger partial charge is 0.468 e. The second-order valence-corrected chi connectivity index (χ2v) is 4.42. The van der Waals surface area contributed by atoms with E-state index in [0.717, 1.165) is 0 Å². The van der Waals surface area contributed by atoms with Gasteiger partial charge in [0, 0.05) is 0 Å². The number of ether oxygens (including phenoxy) is 2. The third-order valence-corrected chi connectivity index (χ3v) is 2.69. The maximum absolute atomic E-state index is 11.5. The van der Waals surface area contributed by atoms with Gasteiger partial charge in [0.05, 0.1) is 26.3 Å². The van der Waals surface area contributed by atoms with Gasteiger partial charge in [-0.05, 0) is 12.0 Å². The highest BCUT2D eigenvalue weighted by atomic mass is 16.5. The standard InChI is InChI=1S/C13H19NO5/c1-8(2)11(13(16)18-4)14-6-10-5-9(7-19-10)12(15)17-3/h5,7-8,11,14H,6H2,1-4H3. The first-order chi connectivity index (χ1) is 8.99. The zero-order chi connectivity index (χ0) is 14.4. The second-order valence-electron chi connectivity index (χ2n) is 4.42. The molecule has 0 aliphatic carbocycles. The smallest absolute Gasteiger partial charge is 0.341 e. The molecule has 1 aromatic rings. The zero-order valence-electron chi connectivity index (χ0n) is 11.6. The molecule has 1 N–H and O–H groups in total. The molecule has 0 radical (unpaired) electrons. The molecule has 0 saturated heterocycles. The Kier molecular flexibility index (Phi) is 5.57. The third-order valence-electron chi connectivity index (χ3n) is 2.69. The minimum Gasteiger partial charge on any atom is -0.468 e. The van der Waals surface area contributed by atoms with Gasteiger partial charge >= 0.3 is 11.9 Å². The van der Waals surface area contributed by atoms with Crippen LogP contribution in [0.5, 0.6) is 0 Å². The molecule has 1 unspecified atom stereocenters. The number of furan rings is 1. The number of esters is 2. The minimum atomic E-state index is -0.455. The van der Waals surface area contributed by atoms with Gasteiger partial charge in [-0.15, -0.1) is 0 Å².